The molecular weight excluding hydrogens is 245 g/mol. The molecule has 1 aliphatic heterocycles. The minimum atomic E-state index is -4.08. The molecule has 1 heterocycles. The molecule has 1 unspecified atom stereocenters. The number of carbonyl (C=O) groups is 1. The zero-order valence-corrected chi connectivity index (χ0v) is 10.5. The summed E-state index contributed by atoms with van der Waals surface area (Å²) in [5.74, 6) is 0.523. The molecular formula is C12H21F3N2O. The van der Waals surface area contributed by atoms with E-state index in [9.17, 15) is 18.0 Å². The number of halogens is 3. The third kappa shape index (κ3) is 7.53. The van der Waals surface area contributed by atoms with Crippen molar-refractivity contribution in [3.8, 4) is 0 Å². The SMILES string of the molecule is O=C(CCC1CCNC1)NCCCCC(F)(F)F. The summed E-state index contributed by atoms with van der Waals surface area (Å²) in [5.41, 5.74) is 0. The van der Waals surface area contributed by atoms with Gasteiger partial charge >= 0.3 is 6.18 Å². The predicted molar refractivity (Wildman–Crippen MR) is 63.1 cm³/mol. The first-order chi connectivity index (χ1) is 8.47. The second-order valence-corrected chi connectivity index (χ2v) is 4.82. The number of carbonyl (C=O) groups excluding carboxylic acids is 1. The molecule has 0 aromatic carbocycles. The van der Waals surface area contributed by atoms with Crippen LogP contribution >= 0.6 is 0 Å². The summed E-state index contributed by atoms with van der Waals surface area (Å²) in [6.07, 6.45) is -1.94. The minimum Gasteiger partial charge on any atom is -0.356 e. The molecule has 0 saturated carbocycles. The van der Waals surface area contributed by atoms with Crippen molar-refractivity contribution in [3.63, 3.8) is 0 Å². The summed E-state index contributed by atoms with van der Waals surface area (Å²) < 4.78 is 35.5. The second kappa shape index (κ2) is 7.61. The Morgan fingerprint density at radius 2 is 2.11 bits per heavy atom. The van der Waals surface area contributed by atoms with Crippen molar-refractivity contribution in [1.82, 2.24) is 10.6 Å². The van der Waals surface area contributed by atoms with Crippen LogP contribution in [0.4, 0.5) is 13.2 Å². The van der Waals surface area contributed by atoms with E-state index < -0.39 is 12.6 Å². The molecule has 1 atom stereocenters. The van der Waals surface area contributed by atoms with Crippen molar-refractivity contribution in [2.24, 2.45) is 5.92 Å². The lowest BCUT2D eigenvalue weighted by Crippen LogP contribution is -2.25. The van der Waals surface area contributed by atoms with E-state index in [0.29, 0.717) is 25.3 Å². The van der Waals surface area contributed by atoms with Crippen molar-refractivity contribution in [1.29, 1.82) is 0 Å². The van der Waals surface area contributed by atoms with Crippen LogP contribution in [0.25, 0.3) is 0 Å². The molecule has 0 aromatic heterocycles. The molecule has 0 radical (unpaired) electrons. The lowest BCUT2D eigenvalue weighted by atomic mass is 10.0. The van der Waals surface area contributed by atoms with Crippen LogP contribution in [0, 0.1) is 5.92 Å². The summed E-state index contributed by atoms with van der Waals surface area (Å²) in [6.45, 7) is 2.33. The van der Waals surface area contributed by atoms with Crippen LogP contribution in [0.3, 0.4) is 0 Å². The smallest absolute Gasteiger partial charge is 0.356 e. The summed E-state index contributed by atoms with van der Waals surface area (Å²) in [6, 6.07) is 0. The van der Waals surface area contributed by atoms with Gasteiger partial charge in [-0.05, 0) is 44.7 Å². The van der Waals surface area contributed by atoms with Gasteiger partial charge in [-0.1, -0.05) is 0 Å². The van der Waals surface area contributed by atoms with Crippen molar-refractivity contribution in [3.05, 3.63) is 0 Å². The van der Waals surface area contributed by atoms with Crippen molar-refractivity contribution in [2.45, 2.75) is 44.7 Å². The molecule has 0 aliphatic carbocycles. The number of unbranched alkanes of at least 4 members (excludes halogenated alkanes) is 1. The molecule has 2 N–H and O–H groups in total. The predicted octanol–water partition coefficient (Wildman–Crippen LogP) is 2.22. The fraction of sp³-hybridized carbons (Fsp3) is 0.917. The number of alkyl halides is 3. The summed E-state index contributed by atoms with van der Waals surface area (Å²) in [7, 11) is 0. The number of rotatable bonds is 7. The van der Waals surface area contributed by atoms with Gasteiger partial charge in [-0.15, -0.1) is 0 Å². The quantitative estimate of drug-likeness (QED) is 0.694. The van der Waals surface area contributed by atoms with Crippen LogP contribution in [-0.2, 0) is 4.79 Å². The minimum absolute atomic E-state index is 0.0473. The van der Waals surface area contributed by atoms with Crippen LogP contribution in [0.5, 0.6) is 0 Å². The van der Waals surface area contributed by atoms with Gasteiger partial charge in [0.1, 0.15) is 0 Å². The Morgan fingerprint density at radius 3 is 2.72 bits per heavy atom. The van der Waals surface area contributed by atoms with E-state index in [1.54, 1.807) is 0 Å². The van der Waals surface area contributed by atoms with Crippen LogP contribution in [0.1, 0.15) is 38.5 Å². The maximum atomic E-state index is 11.8. The van der Waals surface area contributed by atoms with Gasteiger partial charge in [-0.25, -0.2) is 0 Å². The fourth-order valence-corrected chi connectivity index (χ4v) is 2.06. The lowest BCUT2D eigenvalue weighted by Gasteiger charge is -2.09. The standard InChI is InChI=1S/C12H21F3N2O/c13-12(14,15)6-1-2-7-17-11(18)4-3-10-5-8-16-9-10/h10,16H,1-9H2,(H,17,18). The van der Waals surface area contributed by atoms with Crippen molar-refractivity contribution >= 4 is 5.91 Å². The van der Waals surface area contributed by atoms with E-state index in [1.807, 2.05) is 0 Å². The monoisotopic (exact) mass is 266 g/mol. The van der Waals surface area contributed by atoms with Gasteiger partial charge < -0.3 is 10.6 Å². The van der Waals surface area contributed by atoms with E-state index in [0.717, 1.165) is 25.9 Å². The van der Waals surface area contributed by atoms with E-state index >= 15 is 0 Å². The van der Waals surface area contributed by atoms with Gasteiger partial charge in [0.25, 0.3) is 0 Å². The Balaban J connectivity index is 1.93. The molecule has 0 aromatic rings. The molecule has 1 saturated heterocycles. The molecule has 1 rings (SSSR count). The third-order valence-electron chi connectivity index (χ3n) is 3.15. The van der Waals surface area contributed by atoms with E-state index in [1.165, 1.54) is 0 Å². The molecule has 6 heteroatoms. The zero-order valence-electron chi connectivity index (χ0n) is 10.5. The third-order valence-corrected chi connectivity index (χ3v) is 3.15. The number of amides is 1. The van der Waals surface area contributed by atoms with Gasteiger partial charge in [0, 0.05) is 19.4 Å². The van der Waals surface area contributed by atoms with E-state index in [2.05, 4.69) is 10.6 Å². The highest BCUT2D eigenvalue weighted by Crippen LogP contribution is 2.21. The number of hydrogen-bond donors (Lipinski definition) is 2. The molecule has 1 aliphatic rings. The first-order valence-electron chi connectivity index (χ1n) is 6.51. The zero-order chi connectivity index (χ0) is 13.4. The molecule has 1 amide bonds. The van der Waals surface area contributed by atoms with Gasteiger partial charge in [-0.2, -0.15) is 13.2 Å². The van der Waals surface area contributed by atoms with Gasteiger partial charge in [0.2, 0.25) is 5.91 Å². The topological polar surface area (TPSA) is 41.1 Å². The summed E-state index contributed by atoms with van der Waals surface area (Å²) >= 11 is 0. The lowest BCUT2D eigenvalue weighted by molar-refractivity contribution is -0.135. The van der Waals surface area contributed by atoms with Crippen LogP contribution in [0.2, 0.25) is 0 Å². The first-order valence-corrected chi connectivity index (χ1v) is 6.51. The van der Waals surface area contributed by atoms with Gasteiger partial charge in [0.15, 0.2) is 0 Å². The highest BCUT2D eigenvalue weighted by molar-refractivity contribution is 5.75. The average Bonchev–Trinajstić information content (AvgIpc) is 2.77. The fourth-order valence-electron chi connectivity index (χ4n) is 2.06. The molecule has 0 bridgehead atoms. The summed E-state index contributed by atoms with van der Waals surface area (Å²) in [5, 5.41) is 5.90. The van der Waals surface area contributed by atoms with Crippen molar-refractivity contribution in [2.75, 3.05) is 19.6 Å². The van der Waals surface area contributed by atoms with Crippen LogP contribution < -0.4 is 10.6 Å². The Labute approximate surface area is 106 Å². The van der Waals surface area contributed by atoms with E-state index in [4.69, 9.17) is 0 Å². The van der Waals surface area contributed by atoms with Gasteiger partial charge in [-0.3, -0.25) is 4.79 Å². The molecule has 18 heavy (non-hydrogen) atoms. The average molecular weight is 266 g/mol. The van der Waals surface area contributed by atoms with Crippen LogP contribution in [0.15, 0.2) is 0 Å². The number of nitrogens with one attached hydrogen (secondary N) is 2. The normalized spacial score (nSPS) is 20.1. The second-order valence-electron chi connectivity index (χ2n) is 4.82. The van der Waals surface area contributed by atoms with Crippen molar-refractivity contribution < 1.29 is 18.0 Å². The van der Waals surface area contributed by atoms with Crippen LogP contribution in [-0.4, -0.2) is 31.7 Å². The Bertz CT molecular complexity index is 250. The first kappa shape index (κ1) is 15.3. The van der Waals surface area contributed by atoms with Gasteiger partial charge in [0.05, 0.1) is 0 Å². The largest absolute Gasteiger partial charge is 0.389 e. The molecule has 106 valence electrons. The molecule has 3 nitrogen and oxygen atoms in total. The maximum Gasteiger partial charge on any atom is 0.389 e. The number of hydrogen-bond acceptors (Lipinski definition) is 2. The molecule has 1 fully saturated rings. The maximum absolute atomic E-state index is 11.8. The highest BCUT2D eigenvalue weighted by atomic mass is 19.4. The Hall–Kier alpha value is -0.780. The Morgan fingerprint density at radius 1 is 1.33 bits per heavy atom. The molecule has 0 spiro atoms. The Kier molecular flexibility index (Phi) is 6.46. The van der Waals surface area contributed by atoms with E-state index in [-0.39, 0.29) is 12.3 Å². The highest BCUT2D eigenvalue weighted by Gasteiger charge is 2.25. The summed E-state index contributed by atoms with van der Waals surface area (Å²) in [4.78, 5) is 11.4.